The standard InChI is InChI=1S/C19H18FN3O3S/c20-16-7-3-14(4-8-16)13-18-21-19(22-26-18)15-5-9-17(10-6-15)27(24,25)23-11-1-2-12-23/h3-10H,1-2,11-13H2. The van der Waals surface area contributed by atoms with Gasteiger partial charge in [0, 0.05) is 18.7 Å². The van der Waals surface area contributed by atoms with Gasteiger partial charge in [0.2, 0.25) is 21.7 Å². The quantitative estimate of drug-likeness (QED) is 0.672. The number of hydrogen-bond acceptors (Lipinski definition) is 5. The van der Waals surface area contributed by atoms with Gasteiger partial charge in [-0.3, -0.25) is 0 Å². The number of rotatable bonds is 5. The Bertz CT molecular complexity index is 1020. The van der Waals surface area contributed by atoms with Crippen LogP contribution in [-0.2, 0) is 16.4 Å². The van der Waals surface area contributed by atoms with Gasteiger partial charge >= 0.3 is 0 Å². The Morgan fingerprint density at radius 3 is 2.33 bits per heavy atom. The Hall–Kier alpha value is -2.58. The van der Waals surface area contributed by atoms with Crippen molar-refractivity contribution in [1.29, 1.82) is 0 Å². The zero-order valence-electron chi connectivity index (χ0n) is 14.5. The van der Waals surface area contributed by atoms with E-state index < -0.39 is 10.0 Å². The van der Waals surface area contributed by atoms with Crippen LogP contribution in [0.4, 0.5) is 4.39 Å². The second-order valence-electron chi connectivity index (χ2n) is 6.45. The molecule has 1 aliphatic heterocycles. The fourth-order valence-corrected chi connectivity index (χ4v) is 4.59. The highest BCUT2D eigenvalue weighted by molar-refractivity contribution is 7.89. The van der Waals surface area contributed by atoms with E-state index in [4.69, 9.17) is 4.52 Å². The molecule has 0 unspecified atom stereocenters. The van der Waals surface area contributed by atoms with E-state index >= 15 is 0 Å². The molecule has 0 saturated carbocycles. The minimum atomic E-state index is -3.44. The van der Waals surface area contributed by atoms with Crippen LogP contribution in [0.3, 0.4) is 0 Å². The zero-order chi connectivity index (χ0) is 18.9. The zero-order valence-corrected chi connectivity index (χ0v) is 15.3. The highest BCUT2D eigenvalue weighted by Gasteiger charge is 2.27. The van der Waals surface area contributed by atoms with Crippen LogP contribution in [0.15, 0.2) is 57.9 Å². The maximum atomic E-state index is 13.0. The van der Waals surface area contributed by atoms with Crippen LogP contribution in [0, 0.1) is 5.82 Å². The molecule has 1 aromatic heterocycles. The first kappa shape index (κ1) is 17.8. The molecule has 1 fully saturated rings. The summed E-state index contributed by atoms with van der Waals surface area (Å²) in [5.74, 6) is 0.497. The molecule has 0 spiro atoms. The maximum Gasteiger partial charge on any atom is 0.243 e. The third-order valence-electron chi connectivity index (χ3n) is 4.55. The first-order valence-corrected chi connectivity index (χ1v) is 10.1. The summed E-state index contributed by atoms with van der Waals surface area (Å²) in [7, 11) is -3.44. The fourth-order valence-electron chi connectivity index (χ4n) is 3.07. The third kappa shape index (κ3) is 3.77. The monoisotopic (exact) mass is 387 g/mol. The van der Waals surface area contributed by atoms with E-state index in [2.05, 4.69) is 10.1 Å². The molecule has 0 amide bonds. The summed E-state index contributed by atoms with van der Waals surface area (Å²) in [5.41, 5.74) is 1.53. The van der Waals surface area contributed by atoms with Crippen molar-refractivity contribution in [3.05, 3.63) is 65.8 Å². The van der Waals surface area contributed by atoms with Crippen molar-refractivity contribution in [2.45, 2.75) is 24.2 Å². The second kappa shape index (κ2) is 7.21. The largest absolute Gasteiger partial charge is 0.339 e. The Balaban J connectivity index is 1.51. The van der Waals surface area contributed by atoms with E-state index in [0.717, 1.165) is 18.4 Å². The van der Waals surface area contributed by atoms with Crippen molar-refractivity contribution in [3.8, 4) is 11.4 Å². The number of benzene rings is 2. The van der Waals surface area contributed by atoms with Gasteiger partial charge in [-0.1, -0.05) is 17.3 Å². The molecular weight excluding hydrogens is 369 g/mol. The third-order valence-corrected chi connectivity index (χ3v) is 6.46. The molecule has 6 nitrogen and oxygen atoms in total. The number of hydrogen-bond donors (Lipinski definition) is 0. The SMILES string of the molecule is O=S(=O)(c1ccc(-c2noc(Cc3ccc(F)cc3)n2)cc1)N1CCCC1. The highest BCUT2D eigenvalue weighted by atomic mass is 32.2. The molecular formula is C19H18FN3O3S. The molecule has 0 radical (unpaired) electrons. The van der Waals surface area contributed by atoms with Crippen LogP contribution in [0.25, 0.3) is 11.4 Å². The van der Waals surface area contributed by atoms with Gasteiger partial charge in [0.05, 0.1) is 11.3 Å². The summed E-state index contributed by atoms with van der Waals surface area (Å²) in [6.45, 7) is 1.14. The minimum absolute atomic E-state index is 0.267. The van der Waals surface area contributed by atoms with Crippen molar-refractivity contribution < 1.29 is 17.3 Å². The van der Waals surface area contributed by atoms with E-state index in [1.165, 1.54) is 16.4 Å². The highest BCUT2D eigenvalue weighted by Crippen LogP contribution is 2.24. The first-order chi connectivity index (χ1) is 13.0. The van der Waals surface area contributed by atoms with Crippen LogP contribution in [-0.4, -0.2) is 36.0 Å². The summed E-state index contributed by atoms with van der Waals surface area (Å²) in [5, 5.41) is 3.95. The van der Waals surface area contributed by atoms with Gasteiger partial charge < -0.3 is 4.52 Å². The second-order valence-corrected chi connectivity index (χ2v) is 8.39. The van der Waals surface area contributed by atoms with E-state index in [1.54, 1.807) is 36.4 Å². The average molecular weight is 387 g/mol. The van der Waals surface area contributed by atoms with Crippen molar-refractivity contribution in [1.82, 2.24) is 14.4 Å². The number of nitrogens with zero attached hydrogens (tertiary/aromatic N) is 3. The molecule has 3 aromatic rings. The van der Waals surface area contributed by atoms with Gasteiger partial charge in [-0.2, -0.15) is 9.29 Å². The summed E-state index contributed by atoms with van der Waals surface area (Å²) in [6.07, 6.45) is 2.20. The lowest BCUT2D eigenvalue weighted by molar-refractivity contribution is 0.385. The molecule has 0 N–H and O–H groups in total. The Morgan fingerprint density at radius 2 is 1.67 bits per heavy atom. The van der Waals surface area contributed by atoms with Crippen molar-refractivity contribution in [2.24, 2.45) is 0 Å². The summed E-state index contributed by atoms with van der Waals surface area (Å²) >= 11 is 0. The predicted octanol–water partition coefficient (Wildman–Crippen LogP) is 3.25. The molecule has 8 heteroatoms. The molecule has 1 saturated heterocycles. The number of sulfonamides is 1. The fraction of sp³-hybridized carbons (Fsp3) is 0.263. The summed E-state index contributed by atoms with van der Waals surface area (Å²) in [6, 6.07) is 12.6. The molecule has 4 rings (SSSR count). The van der Waals surface area contributed by atoms with Crippen LogP contribution in [0.2, 0.25) is 0 Å². The normalized spacial score (nSPS) is 15.3. The number of aromatic nitrogens is 2. The van der Waals surface area contributed by atoms with Crippen LogP contribution in [0.1, 0.15) is 24.3 Å². The van der Waals surface area contributed by atoms with E-state index in [-0.39, 0.29) is 10.7 Å². The Kier molecular flexibility index (Phi) is 4.75. The predicted molar refractivity (Wildman–Crippen MR) is 96.9 cm³/mol. The molecule has 0 bridgehead atoms. The smallest absolute Gasteiger partial charge is 0.243 e. The molecule has 2 heterocycles. The average Bonchev–Trinajstić information content (AvgIpc) is 3.36. The number of halogens is 1. The lowest BCUT2D eigenvalue weighted by atomic mass is 10.1. The van der Waals surface area contributed by atoms with E-state index in [9.17, 15) is 12.8 Å². The minimum Gasteiger partial charge on any atom is -0.339 e. The van der Waals surface area contributed by atoms with E-state index in [0.29, 0.717) is 36.8 Å². The molecule has 140 valence electrons. The van der Waals surface area contributed by atoms with Crippen molar-refractivity contribution in [3.63, 3.8) is 0 Å². The van der Waals surface area contributed by atoms with Gasteiger partial charge in [-0.25, -0.2) is 12.8 Å². The van der Waals surface area contributed by atoms with Crippen LogP contribution in [0.5, 0.6) is 0 Å². The topological polar surface area (TPSA) is 76.3 Å². The van der Waals surface area contributed by atoms with Crippen LogP contribution < -0.4 is 0 Å². The molecule has 0 aliphatic carbocycles. The van der Waals surface area contributed by atoms with Gasteiger partial charge in [0.15, 0.2) is 0 Å². The molecule has 1 aliphatic rings. The molecule has 0 atom stereocenters. The first-order valence-electron chi connectivity index (χ1n) is 8.70. The molecule has 2 aromatic carbocycles. The maximum absolute atomic E-state index is 13.0. The lowest BCUT2D eigenvalue weighted by Gasteiger charge is -2.15. The van der Waals surface area contributed by atoms with Gasteiger partial charge in [-0.05, 0) is 54.8 Å². The Morgan fingerprint density at radius 1 is 1.00 bits per heavy atom. The Labute approximate surface area is 156 Å². The van der Waals surface area contributed by atoms with E-state index in [1.807, 2.05) is 0 Å². The molecule has 27 heavy (non-hydrogen) atoms. The summed E-state index contributed by atoms with van der Waals surface area (Å²) in [4.78, 5) is 4.60. The van der Waals surface area contributed by atoms with Crippen molar-refractivity contribution >= 4 is 10.0 Å². The van der Waals surface area contributed by atoms with Gasteiger partial charge in [0.1, 0.15) is 5.82 Å². The lowest BCUT2D eigenvalue weighted by Crippen LogP contribution is -2.27. The van der Waals surface area contributed by atoms with Gasteiger partial charge in [0.25, 0.3) is 0 Å². The van der Waals surface area contributed by atoms with Crippen molar-refractivity contribution in [2.75, 3.05) is 13.1 Å². The van der Waals surface area contributed by atoms with Gasteiger partial charge in [-0.15, -0.1) is 0 Å². The van der Waals surface area contributed by atoms with Crippen LogP contribution >= 0.6 is 0 Å². The summed E-state index contributed by atoms with van der Waals surface area (Å²) < 4.78 is 44.9.